The maximum atomic E-state index is 13.3. The van der Waals surface area contributed by atoms with Gasteiger partial charge >= 0.3 is 0 Å². The Labute approximate surface area is 282 Å². The van der Waals surface area contributed by atoms with Gasteiger partial charge in [0.15, 0.2) is 5.13 Å². The third-order valence-corrected chi connectivity index (χ3v) is 8.99. The lowest BCUT2D eigenvalue weighted by Crippen LogP contribution is -2.30. The molecular weight excluding hydrogens is 692 g/mol. The molecule has 1 atom stereocenters. The number of hydrogen-bond acceptors (Lipinski definition) is 6. The number of anilines is 2. The minimum Gasteiger partial charge on any atom is -0.321 e. The Morgan fingerprint density at radius 1 is 0.911 bits per heavy atom. The summed E-state index contributed by atoms with van der Waals surface area (Å²) in [7, 11) is 0. The van der Waals surface area contributed by atoms with Crippen LogP contribution < -0.4 is 16.0 Å². The van der Waals surface area contributed by atoms with Crippen molar-refractivity contribution < 1.29 is 14.4 Å². The number of rotatable bonds is 10. The minimum absolute atomic E-state index is 0.0559. The number of carbonyl (C=O) groups is 3. The van der Waals surface area contributed by atoms with Crippen molar-refractivity contribution in [3.63, 3.8) is 0 Å². The van der Waals surface area contributed by atoms with E-state index in [1.807, 2.05) is 54.8 Å². The summed E-state index contributed by atoms with van der Waals surface area (Å²) in [5.41, 5.74) is 3.42. The number of thioether (sulfide) groups is 1. The topological polar surface area (TPSA) is 100 Å². The number of nitrogens with zero attached hydrogens (tertiary/aromatic N) is 1. The molecule has 0 spiro atoms. The van der Waals surface area contributed by atoms with Gasteiger partial charge < -0.3 is 16.0 Å². The van der Waals surface area contributed by atoms with Crippen molar-refractivity contribution in [2.24, 2.45) is 0 Å². The van der Waals surface area contributed by atoms with Gasteiger partial charge in [-0.3, -0.25) is 14.4 Å². The van der Waals surface area contributed by atoms with Crippen LogP contribution >= 0.6 is 50.6 Å². The maximum Gasteiger partial charge on any atom is 0.272 e. The van der Waals surface area contributed by atoms with E-state index in [-0.39, 0.29) is 11.6 Å². The van der Waals surface area contributed by atoms with Crippen LogP contribution in [-0.4, -0.2) is 28.0 Å². The number of benzene rings is 4. The van der Waals surface area contributed by atoms with Gasteiger partial charge in [0.25, 0.3) is 11.8 Å². The number of carbonyl (C=O) groups excluding carboxylic acids is 3. The van der Waals surface area contributed by atoms with Gasteiger partial charge in [0, 0.05) is 36.6 Å². The molecule has 1 heterocycles. The number of nitrogens with one attached hydrogen (secondary N) is 3. The van der Waals surface area contributed by atoms with Crippen molar-refractivity contribution in [3.8, 4) is 11.3 Å². The van der Waals surface area contributed by atoms with Crippen LogP contribution in [-0.2, 0) is 9.59 Å². The summed E-state index contributed by atoms with van der Waals surface area (Å²) < 4.78 is 0.985. The van der Waals surface area contributed by atoms with Crippen molar-refractivity contribution in [1.29, 1.82) is 0 Å². The first-order valence-electron chi connectivity index (χ1n) is 13.7. The average Bonchev–Trinajstić information content (AvgIpc) is 3.50. The Bertz CT molecular complexity index is 1850. The van der Waals surface area contributed by atoms with E-state index < -0.39 is 17.1 Å². The molecule has 0 fully saturated rings. The number of aromatic nitrogens is 1. The van der Waals surface area contributed by atoms with Gasteiger partial charge in [-0.15, -0.1) is 23.1 Å². The molecule has 5 aromatic rings. The first-order chi connectivity index (χ1) is 21.7. The summed E-state index contributed by atoms with van der Waals surface area (Å²) in [6, 6.07) is 30.6. The number of thiazole rings is 1. The van der Waals surface area contributed by atoms with Crippen molar-refractivity contribution in [1.82, 2.24) is 10.3 Å². The second-order valence-electron chi connectivity index (χ2n) is 9.71. The van der Waals surface area contributed by atoms with E-state index in [9.17, 15) is 14.4 Å². The van der Waals surface area contributed by atoms with Crippen LogP contribution in [0.25, 0.3) is 17.3 Å². The van der Waals surface area contributed by atoms with Crippen LogP contribution in [0.1, 0.15) is 22.8 Å². The largest absolute Gasteiger partial charge is 0.321 e. The van der Waals surface area contributed by atoms with Crippen LogP contribution in [0.4, 0.5) is 10.8 Å². The molecule has 0 aliphatic rings. The lowest BCUT2D eigenvalue weighted by molar-refractivity contribution is -0.115. The van der Waals surface area contributed by atoms with Gasteiger partial charge in [-0.25, -0.2) is 4.98 Å². The highest BCUT2D eigenvalue weighted by molar-refractivity contribution is 9.10. The predicted octanol–water partition coefficient (Wildman–Crippen LogP) is 8.75. The molecule has 45 heavy (non-hydrogen) atoms. The summed E-state index contributed by atoms with van der Waals surface area (Å²) in [5, 5.41) is 11.0. The van der Waals surface area contributed by atoms with Crippen LogP contribution in [0, 0.1) is 0 Å². The molecule has 11 heteroatoms. The summed E-state index contributed by atoms with van der Waals surface area (Å²) in [6.45, 7) is 1.82. The first-order valence-corrected chi connectivity index (χ1v) is 16.6. The standard InChI is InChI=1S/C34H26BrClN4O3S2/c1-21(31(41)40-34-39-30(20-44-34)23-10-12-25(35)13-11-23)45-28-16-14-27(15-17-28)37-33(43)29(19-22-6-5-9-26(36)18-22)38-32(42)24-7-3-2-4-8-24/h2-21H,1H3,(H,37,43)(H,38,42)(H,39,40,41)/b29-19-. The molecule has 5 rings (SSSR count). The van der Waals surface area contributed by atoms with Gasteiger partial charge in [-0.05, 0) is 79.2 Å². The van der Waals surface area contributed by atoms with Gasteiger partial charge in [0.05, 0.1) is 10.9 Å². The SMILES string of the molecule is CC(Sc1ccc(NC(=O)/C(=C/c2cccc(Cl)c2)NC(=O)c2ccccc2)cc1)C(=O)Nc1nc(-c2ccc(Br)cc2)cs1. The zero-order valence-electron chi connectivity index (χ0n) is 23.8. The van der Waals surface area contributed by atoms with Crippen molar-refractivity contribution in [2.45, 2.75) is 17.1 Å². The lowest BCUT2D eigenvalue weighted by Gasteiger charge is -2.13. The Hall–Kier alpha value is -4.22. The van der Waals surface area contributed by atoms with E-state index in [2.05, 4.69) is 36.9 Å². The molecule has 1 unspecified atom stereocenters. The molecule has 3 N–H and O–H groups in total. The fourth-order valence-corrected chi connectivity index (χ4v) is 6.12. The van der Waals surface area contributed by atoms with E-state index in [1.54, 1.807) is 66.7 Å². The number of amides is 3. The summed E-state index contributed by atoms with van der Waals surface area (Å²) in [4.78, 5) is 44.4. The van der Waals surface area contributed by atoms with Crippen LogP contribution in [0.15, 0.2) is 124 Å². The smallest absolute Gasteiger partial charge is 0.272 e. The molecule has 0 aliphatic carbocycles. The Kier molecular flexibility index (Phi) is 10.9. The molecule has 0 bridgehead atoms. The summed E-state index contributed by atoms with van der Waals surface area (Å²) >= 11 is 12.3. The Morgan fingerprint density at radius 3 is 2.36 bits per heavy atom. The normalized spacial score (nSPS) is 11.8. The van der Waals surface area contributed by atoms with E-state index in [0.717, 1.165) is 20.6 Å². The molecule has 226 valence electrons. The third kappa shape index (κ3) is 9.15. The minimum atomic E-state index is -0.502. The van der Waals surface area contributed by atoms with Crippen LogP contribution in [0.5, 0.6) is 0 Å². The van der Waals surface area contributed by atoms with E-state index in [4.69, 9.17) is 11.6 Å². The molecule has 0 saturated carbocycles. The van der Waals surface area contributed by atoms with Crippen molar-refractivity contribution in [3.05, 3.63) is 135 Å². The second-order valence-corrected chi connectivity index (χ2v) is 13.3. The number of halogens is 2. The predicted molar refractivity (Wildman–Crippen MR) is 188 cm³/mol. The van der Waals surface area contributed by atoms with E-state index in [1.165, 1.54) is 23.1 Å². The first kappa shape index (κ1) is 32.2. The zero-order chi connectivity index (χ0) is 31.8. The highest BCUT2D eigenvalue weighted by Gasteiger charge is 2.18. The van der Waals surface area contributed by atoms with Crippen molar-refractivity contribution in [2.75, 3.05) is 10.6 Å². The average molecular weight is 718 g/mol. The summed E-state index contributed by atoms with van der Waals surface area (Å²) in [6.07, 6.45) is 1.57. The fraction of sp³-hybridized carbons (Fsp3) is 0.0588. The molecule has 7 nitrogen and oxygen atoms in total. The molecule has 0 radical (unpaired) electrons. The van der Waals surface area contributed by atoms with Crippen LogP contribution in [0.3, 0.4) is 0 Å². The fourth-order valence-electron chi connectivity index (χ4n) is 4.07. The second kappa shape index (κ2) is 15.2. The molecule has 0 aliphatic heterocycles. The van der Waals surface area contributed by atoms with E-state index in [0.29, 0.717) is 27.0 Å². The van der Waals surface area contributed by atoms with Gasteiger partial charge in [-0.1, -0.05) is 70.0 Å². The van der Waals surface area contributed by atoms with Crippen LogP contribution in [0.2, 0.25) is 5.02 Å². The highest BCUT2D eigenvalue weighted by atomic mass is 79.9. The molecule has 1 aromatic heterocycles. The van der Waals surface area contributed by atoms with Crippen molar-refractivity contribution >= 4 is 85.2 Å². The van der Waals surface area contributed by atoms with Gasteiger partial charge in [-0.2, -0.15) is 0 Å². The monoisotopic (exact) mass is 716 g/mol. The lowest BCUT2D eigenvalue weighted by atomic mass is 10.1. The third-order valence-electron chi connectivity index (χ3n) is 6.36. The molecule has 0 saturated heterocycles. The van der Waals surface area contributed by atoms with Gasteiger partial charge in [0.1, 0.15) is 5.70 Å². The van der Waals surface area contributed by atoms with E-state index >= 15 is 0 Å². The molecular formula is C34H26BrClN4O3S2. The molecule has 4 aromatic carbocycles. The Balaban J connectivity index is 1.21. The quantitative estimate of drug-likeness (QED) is 0.0991. The van der Waals surface area contributed by atoms with Gasteiger partial charge in [0.2, 0.25) is 5.91 Å². The Morgan fingerprint density at radius 2 is 1.64 bits per heavy atom. The molecule has 3 amide bonds. The zero-order valence-corrected chi connectivity index (χ0v) is 27.8. The maximum absolute atomic E-state index is 13.3. The highest BCUT2D eigenvalue weighted by Crippen LogP contribution is 2.29. The number of hydrogen-bond donors (Lipinski definition) is 3. The summed E-state index contributed by atoms with van der Waals surface area (Å²) in [5.74, 6) is -1.09.